The molecule has 0 bridgehead atoms. The van der Waals surface area contributed by atoms with E-state index in [4.69, 9.17) is 0 Å². The number of anilines is 1. The Kier molecular flexibility index (Phi) is 4.58. The van der Waals surface area contributed by atoms with Gasteiger partial charge in [0.15, 0.2) is 0 Å². The molecule has 2 heterocycles. The van der Waals surface area contributed by atoms with Crippen LogP contribution >= 0.6 is 0 Å². The SMILES string of the molecule is Cc1ccc(CN2C(=O)c3ccccc3NC2c2cn(C)c(=O)n(C)c2=O)cc1. The molecule has 0 saturated carbocycles. The molecule has 29 heavy (non-hydrogen) atoms. The smallest absolute Gasteiger partial charge is 0.330 e. The number of benzene rings is 2. The zero-order chi connectivity index (χ0) is 20.7. The van der Waals surface area contributed by atoms with E-state index in [2.05, 4.69) is 5.32 Å². The number of hydrogen-bond donors (Lipinski definition) is 1. The Morgan fingerprint density at radius 2 is 1.66 bits per heavy atom. The summed E-state index contributed by atoms with van der Waals surface area (Å²) in [4.78, 5) is 40.0. The second kappa shape index (κ2) is 7.09. The van der Waals surface area contributed by atoms with Crippen LogP contribution in [-0.4, -0.2) is 19.9 Å². The van der Waals surface area contributed by atoms with Crippen molar-refractivity contribution in [3.8, 4) is 0 Å². The predicted octanol–water partition coefficient (Wildman–Crippen LogP) is 2.16. The van der Waals surface area contributed by atoms with Gasteiger partial charge in [0.2, 0.25) is 0 Å². The van der Waals surface area contributed by atoms with Crippen molar-refractivity contribution in [1.82, 2.24) is 14.0 Å². The highest BCUT2D eigenvalue weighted by Gasteiger charge is 2.34. The third kappa shape index (κ3) is 3.24. The van der Waals surface area contributed by atoms with E-state index in [0.717, 1.165) is 15.7 Å². The van der Waals surface area contributed by atoms with Crippen LogP contribution in [0.4, 0.5) is 5.69 Å². The molecular weight excluding hydrogens is 368 g/mol. The number of rotatable bonds is 3. The molecular formula is C22H22N4O3. The lowest BCUT2D eigenvalue weighted by atomic mass is 10.0. The van der Waals surface area contributed by atoms with E-state index in [-0.39, 0.29) is 5.91 Å². The molecule has 0 saturated heterocycles. The Morgan fingerprint density at radius 1 is 0.966 bits per heavy atom. The third-order valence-corrected chi connectivity index (χ3v) is 5.26. The highest BCUT2D eigenvalue weighted by molar-refractivity contribution is 6.01. The van der Waals surface area contributed by atoms with Crippen LogP contribution in [0.1, 0.15) is 33.2 Å². The fourth-order valence-electron chi connectivity index (χ4n) is 3.62. The minimum atomic E-state index is -0.691. The molecule has 3 aromatic rings. The number of amides is 1. The first-order valence-electron chi connectivity index (χ1n) is 9.35. The molecule has 2 aromatic carbocycles. The summed E-state index contributed by atoms with van der Waals surface area (Å²) >= 11 is 0. The number of para-hydroxylation sites is 1. The number of hydrogen-bond acceptors (Lipinski definition) is 4. The van der Waals surface area contributed by atoms with Gasteiger partial charge in [-0.3, -0.25) is 14.2 Å². The van der Waals surface area contributed by atoms with Gasteiger partial charge < -0.3 is 14.8 Å². The van der Waals surface area contributed by atoms with Crippen molar-refractivity contribution in [2.45, 2.75) is 19.6 Å². The molecule has 1 atom stereocenters. The molecule has 7 nitrogen and oxygen atoms in total. The normalized spacial score (nSPS) is 15.8. The summed E-state index contributed by atoms with van der Waals surface area (Å²) in [6.07, 6.45) is 0.815. The zero-order valence-electron chi connectivity index (χ0n) is 16.5. The lowest BCUT2D eigenvalue weighted by Crippen LogP contribution is -2.47. The molecule has 1 aliphatic rings. The van der Waals surface area contributed by atoms with E-state index in [9.17, 15) is 14.4 Å². The van der Waals surface area contributed by atoms with Crippen LogP contribution in [0.5, 0.6) is 0 Å². The molecule has 1 aliphatic heterocycles. The van der Waals surface area contributed by atoms with E-state index >= 15 is 0 Å². The van der Waals surface area contributed by atoms with Gasteiger partial charge in [-0.25, -0.2) is 4.79 Å². The summed E-state index contributed by atoms with van der Waals surface area (Å²) in [6, 6.07) is 15.2. The van der Waals surface area contributed by atoms with Gasteiger partial charge in [0, 0.05) is 32.5 Å². The summed E-state index contributed by atoms with van der Waals surface area (Å²) in [7, 11) is 3.03. The molecule has 1 unspecified atom stereocenters. The van der Waals surface area contributed by atoms with Gasteiger partial charge in [-0.15, -0.1) is 0 Å². The summed E-state index contributed by atoms with van der Waals surface area (Å²) in [6.45, 7) is 2.34. The molecule has 0 spiro atoms. The number of nitrogens with one attached hydrogen (secondary N) is 1. The van der Waals surface area contributed by atoms with Crippen molar-refractivity contribution >= 4 is 11.6 Å². The molecule has 0 aliphatic carbocycles. The topological polar surface area (TPSA) is 76.3 Å². The molecule has 1 aromatic heterocycles. The predicted molar refractivity (Wildman–Crippen MR) is 111 cm³/mol. The number of carbonyl (C=O) groups is 1. The van der Waals surface area contributed by atoms with Gasteiger partial charge in [0.1, 0.15) is 6.17 Å². The highest BCUT2D eigenvalue weighted by Crippen LogP contribution is 2.32. The van der Waals surface area contributed by atoms with Crippen molar-refractivity contribution < 1.29 is 4.79 Å². The fourth-order valence-corrected chi connectivity index (χ4v) is 3.62. The van der Waals surface area contributed by atoms with Crippen molar-refractivity contribution in [2.75, 3.05) is 5.32 Å². The number of nitrogens with zero attached hydrogens (tertiary/aromatic N) is 3. The van der Waals surface area contributed by atoms with Crippen LogP contribution in [0.3, 0.4) is 0 Å². The second-order valence-corrected chi connectivity index (χ2v) is 7.35. The maximum absolute atomic E-state index is 13.3. The Labute approximate surface area is 167 Å². The first-order valence-corrected chi connectivity index (χ1v) is 9.35. The molecule has 0 radical (unpaired) electrons. The molecule has 7 heteroatoms. The van der Waals surface area contributed by atoms with Crippen LogP contribution in [-0.2, 0) is 20.6 Å². The first kappa shape index (κ1) is 18.7. The maximum Gasteiger partial charge on any atom is 0.330 e. The lowest BCUT2D eigenvalue weighted by Gasteiger charge is -2.38. The second-order valence-electron chi connectivity index (χ2n) is 7.35. The van der Waals surface area contributed by atoms with Crippen molar-refractivity contribution in [1.29, 1.82) is 0 Å². The highest BCUT2D eigenvalue weighted by atomic mass is 16.2. The van der Waals surface area contributed by atoms with Gasteiger partial charge in [0.25, 0.3) is 11.5 Å². The Morgan fingerprint density at radius 3 is 2.38 bits per heavy atom. The van der Waals surface area contributed by atoms with E-state index in [1.165, 1.54) is 17.8 Å². The van der Waals surface area contributed by atoms with E-state index in [1.807, 2.05) is 49.4 Å². The standard InChI is InChI=1S/C22H22N4O3/c1-14-8-10-15(11-9-14)12-26-19(17-13-24(2)22(29)25(3)20(17)27)23-18-7-5-4-6-16(18)21(26)28/h4-11,13,19,23H,12H2,1-3H3. The van der Waals surface area contributed by atoms with Gasteiger partial charge in [0.05, 0.1) is 11.1 Å². The summed E-state index contributed by atoms with van der Waals surface area (Å²) in [5.41, 5.74) is 2.81. The third-order valence-electron chi connectivity index (χ3n) is 5.26. The minimum Gasteiger partial charge on any atom is -0.361 e. The lowest BCUT2D eigenvalue weighted by molar-refractivity contribution is 0.0664. The molecule has 0 fully saturated rings. The maximum atomic E-state index is 13.3. The molecule has 1 amide bonds. The van der Waals surface area contributed by atoms with E-state index in [1.54, 1.807) is 18.0 Å². The van der Waals surface area contributed by atoms with Crippen LogP contribution in [0.25, 0.3) is 0 Å². The summed E-state index contributed by atoms with van der Waals surface area (Å²) in [5, 5.41) is 3.32. The largest absolute Gasteiger partial charge is 0.361 e. The molecule has 1 N–H and O–H groups in total. The average molecular weight is 390 g/mol. The molecule has 148 valence electrons. The summed E-state index contributed by atoms with van der Waals surface area (Å²) in [5.74, 6) is -0.166. The van der Waals surface area contributed by atoms with Crippen molar-refractivity contribution in [3.05, 3.63) is 97.8 Å². The monoisotopic (exact) mass is 390 g/mol. The number of aromatic nitrogens is 2. The van der Waals surface area contributed by atoms with E-state index in [0.29, 0.717) is 23.4 Å². The van der Waals surface area contributed by atoms with Crippen LogP contribution in [0.15, 0.2) is 64.3 Å². The Hall–Kier alpha value is -3.61. The van der Waals surface area contributed by atoms with Gasteiger partial charge >= 0.3 is 5.69 Å². The number of carbonyl (C=O) groups excluding carboxylic acids is 1. The first-order chi connectivity index (χ1) is 13.9. The molecule has 4 rings (SSSR count). The van der Waals surface area contributed by atoms with Gasteiger partial charge in [-0.2, -0.15) is 0 Å². The van der Waals surface area contributed by atoms with Crippen molar-refractivity contribution in [2.24, 2.45) is 14.1 Å². The van der Waals surface area contributed by atoms with Crippen LogP contribution < -0.4 is 16.6 Å². The minimum absolute atomic E-state index is 0.166. The quantitative estimate of drug-likeness (QED) is 0.744. The van der Waals surface area contributed by atoms with Gasteiger partial charge in [-0.1, -0.05) is 42.0 Å². The average Bonchev–Trinajstić information content (AvgIpc) is 2.72. The van der Waals surface area contributed by atoms with E-state index < -0.39 is 17.4 Å². The van der Waals surface area contributed by atoms with Crippen LogP contribution in [0.2, 0.25) is 0 Å². The number of aryl methyl sites for hydroxylation is 2. The van der Waals surface area contributed by atoms with Gasteiger partial charge in [-0.05, 0) is 24.6 Å². The Bertz CT molecular complexity index is 1210. The number of fused-ring (bicyclic) bond motifs is 1. The fraction of sp³-hybridized carbons (Fsp3) is 0.227. The summed E-state index contributed by atoms with van der Waals surface area (Å²) < 4.78 is 2.42. The van der Waals surface area contributed by atoms with Crippen molar-refractivity contribution in [3.63, 3.8) is 0 Å². The zero-order valence-corrected chi connectivity index (χ0v) is 16.5. The van der Waals surface area contributed by atoms with Crippen LogP contribution in [0, 0.1) is 6.92 Å². The Balaban J connectivity index is 1.85.